The molecule has 38 heavy (non-hydrogen) atoms. The molecule has 0 spiro atoms. The van der Waals surface area contributed by atoms with E-state index in [-0.39, 0.29) is 24.3 Å². The summed E-state index contributed by atoms with van der Waals surface area (Å²) in [6.45, 7) is 11.3. The summed E-state index contributed by atoms with van der Waals surface area (Å²) in [6, 6.07) is 0.401. The minimum atomic E-state index is -0.450. The molecule has 8 saturated carbocycles. The van der Waals surface area contributed by atoms with Crippen LogP contribution in [-0.2, 0) is 9.47 Å². The van der Waals surface area contributed by atoms with Crippen LogP contribution in [0.3, 0.4) is 0 Å². The van der Waals surface area contributed by atoms with Gasteiger partial charge in [0.1, 0.15) is 11.2 Å². The van der Waals surface area contributed by atoms with Crippen molar-refractivity contribution in [3.8, 4) is 0 Å². The largest absolute Gasteiger partial charge is 0.444 e. The highest BCUT2D eigenvalue weighted by Crippen LogP contribution is 2.56. The van der Waals surface area contributed by atoms with Crippen LogP contribution in [0.4, 0.5) is 9.59 Å². The molecule has 4 atom stereocenters. The van der Waals surface area contributed by atoms with Crippen LogP contribution in [0.15, 0.2) is 0 Å². The lowest BCUT2D eigenvalue weighted by atomic mass is 9.52. The third-order valence-electron chi connectivity index (χ3n) is 9.85. The van der Waals surface area contributed by atoms with Crippen molar-refractivity contribution in [2.24, 2.45) is 35.5 Å². The number of amides is 2. The van der Waals surface area contributed by atoms with E-state index in [1.807, 2.05) is 41.5 Å². The maximum atomic E-state index is 11.9. The molecule has 0 heterocycles. The van der Waals surface area contributed by atoms with Crippen LogP contribution >= 0.6 is 0 Å². The second-order valence-electron chi connectivity index (χ2n) is 15.7. The number of nitrogens with one attached hydrogen (secondary N) is 2. The molecule has 8 fully saturated rings. The Hall–Kier alpha value is -1.54. The normalized spacial score (nSPS) is 44.2. The summed E-state index contributed by atoms with van der Waals surface area (Å²) >= 11 is 0. The molecule has 8 aliphatic carbocycles. The molecule has 2 amide bonds. The van der Waals surface area contributed by atoms with Gasteiger partial charge >= 0.3 is 12.2 Å². The van der Waals surface area contributed by atoms with Crippen molar-refractivity contribution in [3.05, 3.63) is 0 Å². The fourth-order valence-corrected chi connectivity index (χ4v) is 9.32. The van der Waals surface area contributed by atoms with E-state index in [1.165, 1.54) is 0 Å². The van der Waals surface area contributed by atoms with E-state index >= 15 is 0 Å². The van der Waals surface area contributed by atoms with E-state index in [4.69, 9.17) is 9.47 Å². The van der Waals surface area contributed by atoms with Gasteiger partial charge in [-0.3, -0.25) is 0 Å². The minimum Gasteiger partial charge on any atom is -0.444 e. The van der Waals surface area contributed by atoms with Gasteiger partial charge in [0.25, 0.3) is 0 Å². The summed E-state index contributed by atoms with van der Waals surface area (Å²) in [5.74, 6) is 3.07. The zero-order valence-electron chi connectivity index (χ0n) is 24.2. The van der Waals surface area contributed by atoms with Crippen LogP contribution in [0.25, 0.3) is 0 Å². The van der Waals surface area contributed by atoms with E-state index in [2.05, 4.69) is 10.6 Å². The maximum absolute atomic E-state index is 11.9. The van der Waals surface area contributed by atoms with Gasteiger partial charge in [-0.2, -0.15) is 0 Å². The molecule has 8 aliphatic rings. The molecule has 8 nitrogen and oxygen atoms in total. The van der Waals surface area contributed by atoms with Crippen LogP contribution in [0.5, 0.6) is 0 Å². The number of aliphatic hydroxyl groups is 2. The number of alkyl carbamates (subject to hydrolysis) is 2. The SMILES string of the molecule is CC(C)(C)OC(=O)NC1C2CC3CC1CC(O)(C3)C2.CC(C)(C)OC(=O)NC1C2CC3CC1CC(O)(C3)C2. The molecular formula is C30H50N2O6. The van der Waals surface area contributed by atoms with Gasteiger partial charge in [-0.05, 0) is 141 Å². The Balaban J connectivity index is 0.000000155. The van der Waals surface area contributed by atoms with Gasteiger partial charge in [0, 0.05) is 12.1 Å². The lowest BCUT2D eigenvalue weighted by Gasteiger charge is -2.57. The third-order valence-corrected chi connectivity index (χ3v) is 9.85. The Kier molecular flexibility index (Phi) is 7.03. The maximum Gasteiger partial charge on any atom is 0.407 e. The number of hydrogen-bond donors (Lipinski definition) is 4. The molecular weight excluding hydrogens is 484 g/mol. The molecule has 216 valence electrons. The zero-order chi connectivity index (χ0) is 27.7. The molecule has 0 radical (unpaired) electrons. The lowest BCUT2D eigenvalue weighted by Crippen LogP contribution is -2.61. The van der Waals surface area contributed by atoms with Crippen LogP contribution in [0.2, 0.25) is 0 Å². The van der Waals surface area contributed by atoms with E-state index in [1.54, 1.807) is 0 Å². The van der Waals surface area contributed by atoms with Crippen LogP contribution < -0.4 is 10.6 Å². The Morgan fingerprint density at radius 1 is 0.605 bits per heavy atom. The Labute approximate surface area is 228 Å². The van der Waals surface area contributed by atoms with Crippen LogP contribution in [0.1, 0.15) is 106 Å². The van der Waals surface area contributed by atoms with Crippen molar-refractivity contribution < 1.29 is 29.3 Å². The summed E-state index contributed by atoms with van der Waals surface area (Å²) < 4.78 is 10.7. The first-order valence-corrected chi connectivity index (χ1v) is 14.9. The number of carbonyl (C=O) groups excluding carboxylic acids is 2. The fourth-order valence-electron chi connectivity index (χ4n) is 9.32. The Bertz CT molecular complexity index is 817. The van der Waals surface area contributed by atoms with Gasteiger partial charge in [-0.25, -0.2) is 9.59 Å². The monoisotopic (exact) mass is 534 g/mol. The molecule has 0 saturated heterocycles. The smallest absolute Gasteiger partial charge is 0.407 e. The third kappa shape index (κ3) is 6.27. The molecule has 0 aromatic carbocycles. The van der Waals surface area contributed by atoms with E-state index in [9.17, 15) is 19.8 Å². The van der Waals surface area contributed by atoms with Crippen molar-refractivity contribution in [2.75, 3.05) is 0 Å². The molecule has 0 aromatic heterocycles. The number of ether oxygens (including phenoxy) is 2. The van der Waals surface area contributed by atoms with Crippen molar-refractivity contribution in [3.63, 3.8) is 0 Å². The molecule has 4 N–H and O–H groups in total. The van der Waals surface area contributed by atoms with Crippen molar-refractivity contribution in [1.82, 2.24) is 10.6 Å². The van der Waals surface area contributed by atoms with E-state index < -0.39 is 22.4 Å². The predicted octanol–water partition coefficient (Wildman–Crippen LogP) is 4.90. The number of rotatable bonds is 2. The molecule has 0 aliphatic heterocycles. The van der Waals surface area contributed by atoms with Gasteiger partial charge in [0.05, 0.1) is 11.2 Å². The minimum absolute atomic E-state index is 0.201. The first kappa shape index (κ1) is 28.0. The highest BCUT2D eigenvalue weighted by Gasteiger charge is 2.56. The highest BCUT2D eigenvalue weighted by molar-refractivity contribution is 5.68. The molecule has 8 rings (SSSR count). The van der Waals surface area contributed by atoms with Crippen LogP contribution in [0, 0.1) is 35.5 Å². The first-order valence-electron chi connectivity index (χ1n) is 14.9. The Morgan fingerprint density at radius 2 is 0.895 bits per heavy atom. The Morgan fingerprint density at radius 3 is 1.13 bits per heavy atom. The summed E-state index contributed by atoms with van der Waals surface area (Å²) in [7, 11) is 0. The quantitative estimate of drug-likeness (QED) is 0.400. The first-order chi connectivity index (χ1) is 17.5. The van der Waals surface area contributed by atoms with Crippen LogP contribution in [-0.4, -0.2) is 56.9 Å². The van der Waals surface area contributed by atoms with Crippen molar-refractivity contribution >= 4 is 12.2 Å². The van der Waals surface area contributed by atoms with Crippen molar-refractivity contribution in [1.29, 1.82) is 0 Å². The predicted molar refractivity (Wildman–Crippen MR) is 143 cm³/mol. The highest BCUT2D eigenvalue weighted by atomic mass is 16.6. The second kappa shape index (κ2) is 9.53. The number of carbonyl (C=O) groups is 2. The van der Waals surface area contributed by atoms with Gasteiger partial charge in [-0.1, -0.05) is 0 Å². The summed E-state index contributed by atoms with van der Waals surface area (Å²) in [5.41, 5.74) is -1.78. The average molecular weight is 535 g/mol. The topological polar surface area (TPSA) is 117 Å². The van der Waals surface area contributed by atoms with E-state index in [0.29, 0.717) is 35.5 Å². The lowest BCUT2D eigenvalue weighted by molar-refractivity contribution is -0.138. The second-order valence-corrected chi connectivity index (χ2v) is 15.7. The number of hydrogen-bond acceptors (Lipinski definition) is 6. The van der Waals surface area contributed by atoms with E-state index in [0.717, 1.165) is 64.2 Å². The standard InChI is InChI=1S/2C15H25NO3/c2*1-14(2,3)19-13(17)16-12-10-4-9-5-11(12)8-15(18,6-9)7-10/h2*9-12,18H,4-8H2,1-3H3,(H,16,17). The molecule has 8 bridgehead atoms. The summed E-state index contributed by atoms with van der Waals surface area (Å²) in [6.07, 6.45) is 9.33. The summed E-state index contributed by atoms with van der Waals surface area (Å²) in [4.78, 5) is 23.9. The van der Waals surface area contributed by atoms with Crippen molar-refractivity contribution in [2.45, 2.75) is 140 Å². The molecule has 4 unspecified atom stereocenters. The van der Waals surface area contributed by atoms with Gasteiger partial charge in [0.2, 0.25) is 0 Å². The average Bonchev–Trinajstić information content (AvgIpc) is 2.69. The molecule has 8 heteroatoms. The molecule has 0 aromatic rings. The van der Waals surface area contributed by atoms with Gasteiger partial charge in [-0.15, -0.1) is 0 Å². The van der Waals surface area contributed by atoms with Gasteiger partial charge < -0.3 is 30.3 Å². The zero-order valence-corrected chi connectivity index (χ0v) is 24.2. The summed E-state index contributed by atoms with van der Waals surface area (Å²) in [5, 5.41) is 27.1. The fraction of sp³-hybridized carbons (Fsp3) is 0.933. The van der Waals surface area contributed by atoms with Gasteiger partial charge in [0.15, 0.2) is 0 Å².